The quantitative estimate of drug-likeness (QED) is 0.0291. The molecule has 41 heavy (non-hydrogen) atoms. The number of nitrogens with zero attached hydrogens (tertiary/aromatic N) is 2. The maximum Gasteiger partial charge on any atom is 1.00 e. The normalized spacial score (nSPS) is 12.0. The smallest absolute Gasteiger partial charge is 0.744 e. The maximum absolute atomic E-state index is 12.2. The Morgan fingerprint density at radius 1 is 0.927 bits per heavy atom. The summed E-state index contributed by atoms with van der Waals surface area (Å²) in [5.41, 5.74) is 4.96. The minimum atomic E-state index is -5.17. The zero-order valence-corrected chi connectivity index (χ0v) is 24.7. The first-order valence-electron chi connectivity index (χ1n) is 9.65. The summed E-state index contributed by atoms with van der Waals surface area (Å²) in [5, 5.41) is 31.0. The topological polar surface area (TPSA) is 270 Å². The predicted molar refractivity (Wildman–Crippen MR) is 124 cm³/mol. The van der Waals surface area contributed by atoms with Crippen LogP contribution in [0.3, 0.4) is 0 Å². The molecule has 0 saturated heterocycles. The number of anilines is 1. The van der Waals surface area contributed by atoms with E-state index in [1.54, 1.807) is 0 Å². The number of phenolic OH excluding ortho intramolecular Hbond substituents is 1. The number of fused-ring (bicyclic) bond motifs is 1. The maximum atomic E-state index is 12.2. The van der Waals surface area contributed by atoms with E-state index < -0.39 is 64.7 Å². The van der Waals surface area contributed by atoms with Gasteiger partial charge in [-0.2, -0.15) is 9.45 Å². The van der Waals surface area contributed by atoms with E-state index in [4.69, 9.17) is 5.73 Å². The second-order valence-electron chi connectivity index (χ2n) is 7.09. The van der Waals surface area contributed by atoms with Crippen LogP contribution in [0.4, 0.5) is 17.1 Å². The summed E-state index contributed by atoms with van der Waals surface area (Å²) in [7, 11) is -14.3. The number of nitrogens with two attached hydrogens (primary N) is 1. The van der Waals surface area contributed by atoms with Crippen LogP contribution in [0.15, 0.2) is 67.4 Å². The van der Waals surface area contributed by atoms with Crippen molar-refractivity contribution >= 4 is 70.2 Å². The number of nitrogen functional groups attached to an aromatic ring is 1. The van der Waals surface area contributed by atoms with Crippen molar-refractivity contribution in [2.75, 3.05) is 18.1 Å². The molecule has 3 aromatic rings. The first-order chi connectivity index (χ1) is 17.6. The van der Waals surface area contributed by atoms with Crippen LogP contribution in [0.5, 0.6) is 5.75 Å². The molecule has 3 N–H and O–H groups in total. The van der Waals surface area contributed by atoms with Crippen LogP contribution in [0.25, 0.3) is 10.8 Å². The molecule has 0 aliphatic carbocycles. The van der Waals surface area contributed by atoms with Crippen LogP contribution in [-0.2, 0) is 43.9 Å². The molecule has 0 unspecified atom stereocenters. The van der Waals surface area contributed by atoms with Crippen molar-refractivity contribution in [1.29, 1.82) is 0 Å². The Bertz CT molecular complexity index is 1720. The second-order valence-corrected chi connectivity index (χ2v) is 12.4. The average Bonchev–Trinajstić information content (AvgIpc) is 2.80. The van der Waals surface area contributed by atoms with E-state index in [-0.39, 0.29) is 82.8 Å². The van der Waals surface area contributed by atoms with E-state index in [0.717, 1.165) is 36.4 Å². The van der Waals surface area contributed by atoms with E-state index in [0.29, 0.717) is 12.0 Å². The van der Waals surface area contributed by atoms with Gasteiger partial charge in [-0.05, 0) is 47.9 Å². The standard InChI is InChI=1S/C18H17N3O13S4.3Li/c19-17-16-10(7-12(9-14(16)22)35-34-33-23)8-15(37(26,27)28)18(17)21-20-11-1-3-13(4-2-11)36(24,25)6-5-32-38(29,30)31;;;/h1-4,7-9,22-23H,5-6,19H2,(H,26,27,28)(H,29,30,31);;;/q;3*+1/p-3. The number of hydrogen-bond acceptors (Lipinski definition) is 17. The fourth-order valence-electron chi connectivity index (χ4n) is 3.08. The van der Waals surface area contributed by atoms with Crippen LogP contribution < -0.4 is 67.6 Å². The first kappa shape index (κ1) is 39.9. The van der Waals surface area contributed by atoms with Gasteiger partial charge >= 0.3 is 56.6 Å². The van der Waals surface area contributed by atoms with Crippen LogP contribution in [0.2, 0.25) is 0 Å². The van der Waals surface area contributed by atoms with E-state index in [9.17, 15) is 44.7 Å². The third-order valence-corrected chi connectivity index (χ3v) is 8.19. The summed E-state index contributed by atoms with van der Waals surface area (Å²) in [6.45, 7) is -0.893. The summed E-state index contributed by atoms with van der Waals surface area (Å²) >= 11 is 0.393. The molecule has 0 fully saturated rings. The first-order valence-corrected chi connectivity index (χ1v) is 14.8. The molecule has 0 spiro atoms. The Morgan fingerprint density at radius 2 is 1.54 bits per heavy atom. The van der Waals surface area contributed by atoms with Crippen LogP contribution in [-0.4, -0.2) is 51.8 Å². The SMILES string of the molecule is Nc1c(N=Nc2ccc(S(=O)(=O)CCOS(=O)(=O)[O-])cc2)c(S(=O)(=O)[O-])cc2cc(SOO[O-])cc(O)c12.[Li+].[Li+].[Li+]. The minimum absolute atomic E-state index is 0. The Kier molecular flexibility index (Phi) is 15.6. The van der Waals surface area contributed by atoms with Gasteiger partial charge in [-0.25, -0.2) is 25.3 Å². The van der Waals surface area contributed by atoms with Crippen molar-refractivity contribution in [3.8, 4) is 5.75 Å². The monoisotopic (exact) mass is 629 g/mol. The molecule has 0 heterocycles. The molecule has 0 amide bonds. The largest absolute Gasteiger partial charge is 1.00 e. The molecule has 0 bridgehead atoms. The van der Waals surface area contributed by atoms with Gasteiger partial charge in [0.15, 0.2) is 9.84 Å². The molecule has 23 heteroatoms. The second kappa shape index (κ2) is 16.1. The molecule has 0 radical (unpaired) electrons. The van der Waals surface area contributed by atoms with Crippen molar-refractivity contribution in [3.05, 3.63) is 42.5 Å². The average molecular weight is 629 g/mol. The summed E-state index contributed by atoms with van der Waals surface area (Å²) < 4.78 is 99.6. The van der Waals surface area contributed by atoms with E-state index in [1.165, 1.54) is 6.07 Å². The molecule has 0 aliphatic heterocycles. The molecule has 0 aliphatic rings. The molecule has 3 rings (SSSR count). The van der Waals surface area contributed by atoms with E-state index in [2.05, 4.69) is 23.8 Å². The molecule has 3 aromatic carbocycles. The number of phenols is 1. The fraction of sp³-hybridized carbons (Fsp3) is 0.111. The number of rotatable bonds is 11. The summed E-state index contributed by atoms with van der Waals surface area (Å²) in [5.74, 6) is -1.29. The Balaban J connectivity index is 0.00000533. The third kappa shape index (κ3) is 10.8. The van der Waals surface area contributed by atoms with Gasteiger partial charge in [0.1, 0.15) is 21.6 Å². The molecule has 0 atom stereocenters. The number of sulfone groups is 1. The molecular formula is C18H14Li3N3O13S4. The van der Waals surface area contributed by atoms with Crippen LogP contribution >= 0.6 is 12.0 Å². The summed E-state index contributed by atoms with van der Waals surface area (Å²) in [6, 6.07) is 7.70. The van der Waals surface area contributed by atoms with Crippen molar-refractivity contribution in [2.45, 2.75) is 14.7 Å². The third-order valence-electron chi connectivity index (χ3n) is 4.63. The van der Waals surface area contributed by atoms with Gasteiger partial charge in [-0.15, -0.1) is 5.11 Å². The molecule has 0 aromatic heterocycles. The Morgan fingerprint density at radius 3 is 2.07 bits per heavy atom. The van der Waals surface area contributed by atoms with E-state index >= 15 is 0 Å². The number of aromatic hydroxyl groups is 1. The van der Waals surface area contributed by atoms with Gasteiger partial charge in [0.25, 0.3) is 0 Å². The molecular weight excluding hydrogens is 615 g/mol. The number of azo groups is 1. The molecule has 0 saturated carbocycles. The van der Waals surface area contributed by atoms with Crippen molar-refractivity contribution in [1.82, 2.24) is 0 Å². The van der Waals surface area contributed by atoms with E-state index in [1.807, 2.05) is 0 Å². The van der Waals surface area contributed by atoms with Gasteiger partial charge in [0.2, 0.25) is 10.4 Å². The molecule has 206 valence electrons. The zero-order chi connectivity index (χ0) is 28.3. The predicted octanol–water partition coefficient (Wildman–Crippen LogP) is -8.06. The van der Waals surface area contributed by atoms with Crippen LogP contribution in [0.1, 0.15) is 0 Å². The fourth-order valence-corrected chi connectivity index (χ4v) is 5.66. The van der Waals surface area contributed by atoms with Crippen molar-refractivity contribution in [3.63, 3.8) is 0 Å². The van der Waals surface area contributed by atoms with Gasteiger partial charge in [-0.3, -0.25) is 9.22 Å². The Hall–Kier alpha value is -1.13. The Labute approximate surface area is 274 Å². The van der Waals surface area contributed by atoms with Crippen LogP contribution in [0, 0.1) is 0 Å². The molecule has 16 nitrogen and oxygen atoms in total. The van der Waals surface area contributed by atoms with Gasteiger partial charge in [0, 0.05) is 10.3 Å². The summed E-state index contributed by atoms with van der Waals surface area (Å²) in [4.78, 5) is -1.06. The minimum Gasteiger partial charge on any atom is -0.744 e. The van der Waals surface area contributed by atoms with Crippen molar-refractivity contribution < 1.29 is 115 Å². The van der Waals surface area contributed by atoms with Gasteiger partial charge in [0.05, 0.1) is 45.6 Å². The number of benzene rings is 3. The van der Waals surface area contributed by atoms with Crippen molar-refractivity contribution in [2.24, 2.45) is 10.2 Å². The van der Waals surface area contributed by atoms with Gasteiger partial charge in [-0.1, -0.05) is 0 Å². The summed E-state index contributed by atoms with van der Waals surface area (Å²) in [6.07, 6.45) is 0. The number of hydrogen-bond donors (Lipinski definition) is 2. The zero-order valence-electron chi connectivity index (χ0n) is 21.4. The van der Waals surface area contributed by atoms with Gasteiger partial charge < -0.3 is 25.2 Å².